The summed E-state index contributed by atoms with van der Waals surface area (Å²) in [5.41, 5.74) is 1.31. The van der Waals surface area contributed by atoms with Crippen molar-refractivity contribution in [1.29, 1.82) is 0 Å². The topological polar surface area (TPSA) is 62.7 Å². The summed E-state index contributed by atoms with van der Waals surface area (Å²) in [4.78, 5) is 4.28. The normalized spacial score (nSPS) is 10.3. The molecule has 0 bridgehead atoms. The van der Waals surface area contributed by atoms with Crippen LogP contribution in [0.5, 0.6) is 0 Å². The molecule has 1 aromatic heterocycles. The van der Waals surface area contributed by atoms with E-state index < -0.39 is 0 Å². The highest BCUT2D eigenvalue weighted by Gasteiger charge is 2.04. The van der Waals surface area contributed by atoms with Gasteiger partial charge < -0.3 is 10.6 Å². The van der Waals surface area contributed by atoms with Crippen molar-refractivity contribution in [3.8, 4) is 0 Å². The molecule has 7 heteroatoms. The Morgan fingerprint density at radius 2 is 1.96 bits per heavy atom. The Balaban J connectivity index is 1.69. The van der Waals surface area contributed by atoms with Crippen LogP contribution in [0.25, 0.3) is 0 Å². The van der Waals surface area contributed by atoms with E-state index in [9.17, 15) is 4.39 Å². The highest BCUT2D eigenvalue weighted by molar-refractivity contribution is 6.30. The third-order valence-electron chi connectivity index (χ3n) is 3.06. The van der Waals surface area contributed by atoms with E-state index in [1.807, 2.05) is 12.1 Å². The molecule has 3 aromatic rings. The van der Waals surface area contributed by atoms with Crippen molar-refractivity contribution in [2.45, 2.75) is 6.54 Å². The highest BCUT2D eigenvalue weighted by Crippen LogP contribution is 2.18. The molecule has 3 rings (SSSR count). The number of hydrogen-bond acceptors (Lipinski definition) is 5. The van der Waals surface area contributed by atoms with Crippen molar-refractivity contribution in [1.82, 2.24) is 15.2 Å². The summed E-state index contributed by atoms with van der Waals surface area (Å²) in [6, 6.07) is 13.8. The molecular formula is C16H13ClFN5. The van der Waals surface area contributed by atoms with Gasteiger partial charge in [0.05, 0.1) is 6.20 Å². The van der Waals surface area contributed by atoms with E-state index in [2.05, 4.69) is 25.8 Å². The second-order valence-electron chi connectivity index (χ2n) is 4.75. The maximum Gasteiger partial charge on any atom is 0.249 e. The van der Waals surface area contributed by atoms with Crippen molar-refractivity contribution in [3.63, 3.8) is 0 Å². The molecule has 0 saturated heterocycles. The zero-order valence-electron chi connectivity index (χ0n) is 12.0. The molecule has 0 spiro atoms. The summed E-state index contributed by atoms with van der Waals surface area (Å²) >= 11 is 5.93. The first-order valence-electron chi connectivity index (χ1n) is 6.90. The Morgan fingerprint density at radius 3 is 2.78 bits per heavy atom. The van der Waals surface area contributed by atoms with Crippen molar-refractivity contribution >= 4 is 29.1 Å². The van der Waals surface area contributed by atoms with Crippen molar-refractivity contribution in [3.05, 3.63) is 71.1 Å². The van der Waals surface area contributed by atoms with Gasteiger partial charge in [-0.1, -0.05) is 35.9 Å². The van der Waals surface area contributed by atoms with Gasteiger partial charge in [0.1, 0.15) is 5.82 Å². The Bertz CT molecular complexity index is 812. The first-order chi connectivity index (χ1) is 11.2. The molecule has 5 nitrogen and oxygen atoms in total. The minimum atomic E-state index is -0.265. The SMILES string of the molecule is Fc1ccccc1CNc1cnnc(Nc2cccc(Cl)c2)n1. The Morgan fingerprint density at radius 1 is 1.09 bits per heavy atom. The largest absolute Gasteiger partial charge is 0.364 e. The van der Waals surface area contributed by atoms with Gasteiger partial charge in [-0.15, -0.1) is 5.10 Å². The standard InChI is InChI=1S/C16H13ClFN5/c17-12-5-3-6-13(8-12)21-16-22-15(10-20-23-16)19-9-11-4-1-2-7-14(11)18/h1-8,10H,9H2,(H2,19,21,22,23). The van der Waals surface area contributed by atoms with E-state index in [1.54, 1.807) is 30.3 Å². The van der Waals surface area contributed by atoms with Crippen LogP contribution in [-0.2, 0) is 6.54 Å². The van der Waals surface area contributed by atoms with Crippen LogP contribution in [0.4, 0.5) is 21.8 Å². The summed E-state index contributed by atoms with van der Waals surface area (Å²) in [5.74, 6) is 0.554. The van der Waals surface area contributed by atoms with E-state index in [0.717, 1.165) is 5.69 Å². The molecule has 23 heavy (non-hydrogen) atoms. The minimum Gasteiger partial charge on any atom is -0.364 e. The number of benzene rings is 2. The molecule has 2 N–H and O–H groups in total. The first kappa shape index (κ1) is 15.2. The molecular weight excluding hydrogens is 317 g/mol. The van der Waals surface area contributed by atoms with Gasteiger partial charge in [0, 0.05) is 22.8 Å². The number of anilines is 3. The lowest BCUT2D eigenvalue weighted by molar-refractivity contribution is 0.613. The lowest BCUT2D eigenvalue weighted by atomic mass is 10.2. The fourth-order valence-electron chi connectivity index (χ4n) is 1.96. The summed E-state index contributed by atoms with van der Waals surface area (Å²) in [6.45, 7) is 0.308. The molecule has 0 saturated carbocycles. The zero-order valence-corrected chi connectivity index (χ0v) is 12.8. The van der Waals surface area contributed by atoms with Gasteiger partial charge in [0.2, 0.25) is 5.95 Å². The van der Waals surface area contributed by atoms with Crippen molar-refractivity contribution < 1.29 is 4.39 Å². The molecule has 0 aliphatic heterocycles. The molecule has 0 unspecified atom stereocenters. The predicted octanol–water partition coefficient (Wildman–Crippen LogP) is 4.02. The van der Waals surface area contributed by atoms with E-state index in [4.69, 9.17) is 11.6 Å². The predicted molar refractivity (Wildman–Crippen MR) is 88.3 cm³/mol. The second kappa shape index (κ2) is 7.02. The van der Waals surface area contributed by atoms with Crippen LogP contribution in [-0.4, -0.2) is 15.2 Å². The van der Waals surface area contributed by atoms with Crippen LogP contribution in [0.1, 0.15) is 5.56 Å². The summed E-state index contributed by atoms with van der Waals surface area (Å²) in [7, 11) is 0. The monoisotopic (exact) mass is 329 g/mol. The third kappa shape index (κ3) is 4.14. The van der Waals surface area contributed by atoms with Crippen molar-refractivity contribution in [2.24, 2.45) is 0 Å². The number of nitrogens with one attached hydrogen (secondary N) is 2. The van der Waals surface area contributed by atoms with E-state index in [0.29, 0.717) is 28.9 Å². The lowest BCUT2D eigenvalue weighted by Crippen LogP contribution is -2.06. The molecule has 0 fully saturated rings. The Hall–Kier alpha value is -2.73. The smallest absolute Gasteiger partial charge is 0.249 e. The molecule has 0 aliphatic carbocycles. The van der Waals surface area contributed by atoms with Gasteiger partial charge in [0.15, 0.2) is 5.82 Å². The number of nitrogens with zero attached hydrogens (tertiary/aromatic N) is 3. The number of hydrogen-bond donors (Lipinski definition) is 2. The van der Waals surface area contributed by atoms with Crippen LogP contribution in [0.2, 0.25) is 5.02 Å². The van der Waals surface area contributed by atoms with E-state index >= 15 is 0 Å². The summed E-state index contributed by atoms with van der Waals surface area (Å²) < 4.78 is 13.6. The highest BCUT2D eigenvalue weighted by atomic mass is 35.5. The van der Waals surface area contributed by atoms with Crippen LogP contribution >= 0.6 is 11.6 Å². The van der Waals surface area contributed by atoms with Crippen LogP contribution in [0.15, 0.2) is 54.7 Å². The average Bonchev–Trinajstić information content (AvgIpc) is 2.54. The number of aromatic nitrogens is 3. The van der Waals surface area contributed by atoms with E-state index in [-0.39, 0.29) is 5.82 Å². The van der Waals surface area contributed by atoms with Gasteiger partial charge >= 0.3 is 0 Å². The minimum absolute atomic E-state index is 0.265. The fraction of sp³-hybridized carbons (Fsp3) is 0.0625. The van der Waals surface area contributed by atoms with E-state index in [1.165, 1.54) is 12.3 Å². The van der Waals surface area contributed by atoms with Gasteiger partial charge in [-0.3, -0.25) is 0 Å². The van der Waals surface area contributed by atoms with Gasteiger partial charge in [0.25, 0.3) is 0 Å². The van der Waals surface area contributed by atoms with Crippen LogP contribution < -0.4 is 10.6 Å². The quantitative estimate of drug-likeness (QED) is 0.740. The van der Waals surface area contributed by atoms with Gasteiger partial charge in [-0.25, -0.2) is 4.39 Å². The Kier molecular flexibility index (Phi) is 4.63. The lowest BCUT2D eigenvalue weighted by Gasteiger charge is -2.08. The first-order valence-corrected chi connectivity index (χ1v) is 7.28. The maximum absolute atomic E-state index is 13.6. The van der Waals surface area contributed by atoms with Crippen molar-refractivity contribution in [2.75, 3.05) is 10.6 Å². The summed E-state index contributed by atoms with van der Waals surface area (Å²) in [5, 5.41) is 14.4. The second-order valence-corrected chi connectivity index (χ2v) is 5.18. The molecule has 0 radical (unpaired) electrons. The molecule has 0 atom stereocenters. The molecule has 116 valence electrons. The molecule has 0 amide bonds. The van der Waals surface area contributed by atoms with Crippen LogP contribution in [0.3, 0.4) is 0 Å². The maximum atomic E-state index is 13.6. The zero-order chi connectivity index (χ0) is 16.1. The van der Waals surface area contributed by atoms with Crippen LogP contribution in [0, 0.1) is 5.82 Å². The van der Waals surface area contributed by atoms with Gasteiger partial charge in [-0.05, 0) is 24.3 Å². The summed E-state index contributed by atoms with van der Waals surface area (Å²) in [6.07, 6.45) is 1.48. The Labute approximate surface area is 137 Å². The van der Waals surface area contributed by atoms with Gasteiger partial charge in [-0.2, -0.15) is 10.1 Å². The third-order valence-corrected chi connectivity index (χ3v) is 3.29. The fourth-order valence-corrected chi connectivity index (χ4v) is 2.15. The molecule has 1 heterocycles. The number of rotatable bonds is 5. The number of halogens is 2. The molecule has 2 aromatic carbocycles. The molecule has 0 aliphatic rings. The average molecular weight is 330 g/mol.